The fraction of sp³-hybridized carbons (Fsp3) is 0.182. The number of carbonyl (C=O) groups is 1. The van der Waals surface area contributed by atoms with Crippen molar-refractivity contribution in [1.82, 2.24) is 9.55 Å². The van der Waals surface area contributed by atoms with Crippen molar-refractivity contribution in [3.05, 3.63) is 75.2 Å². The zero-order valence-electron chi connectivity index (χ0n) is 16.8. The lowest BCUT2D eigenvalue weighted by molar-refractivity contribution is -0.141. The molecule has 0 aliphatic carbocycles. The minimum Gasteiger partial charge on any atom is -0.468 e. The average molecular weight is 475 g/mol. The summed E-state index contributed by atoms with van der Waals surface area (Å²) < 4.78 is 33.0. The molecule has 2 aromatic heterocycles. The Morgan fingerprint density at radius 3 is 2.65 bits per heavy atom. The van der Waals surface area contributed by atoms with Crippen LogP contribution >= 0.6 is 22.9 Å². The number of rotatable bonds is 6. The summed E-state index contributed by atoms with van der Waals surface area (Å²) in [6.45, 7) is 1.96. The van der Waals surface area contributed by atoms with Gasteiger partial charge in [0.05, 0.1) is 17.5 Å². The topological polar surface area (TPSA) is 78.3 Å². The van der Waals surface area contributed by atoms with Gasteiger partial charge >= 0.3 is 5.97 Å². The lowest BCUT2D eigenvalue weighted by atomic mass is 10.1. The van der Waals surface area contributed by atoms with Gasteiger partial charge in [-0.05, 0) is 42.8 Å². The molecular formula is C22H19ClN2O4S2. The van der Waals surface area contributed by atoms with E-state index in [2.05, 4.69) is 4.98 Å². The fourth-order valence-corrected chi connectivity index (χ4v) is 6.29. The van der Waals surface area contributed by atoms with E-state index in [0.29, 0.717) is 16.3 Å². The van der Waals surface area contributed by atoms with Crippen LogP contribution in [0.15, 0.2) is 64.0 Å². The highest BCUT2D eigenvalue weighted by Crippen LogP contribution is 2.34. The van der Waals surface area contributed by atoms with E-state index in [1.165, 1.54) is 18.4 Å². The van der Waals surface area contributed by atoms with Crippen LogP contribution in [0.3, 0.4) is 0 Å². The van der Waals surface area contributed by atoms with Gasteiger partial charge in [-0.2, -0.15) is 0 Å². The van der Waals surface area contributed by atoms with Gasteiger partial charge in [-0.3, -0.25) is 4.79 Å². The Kier molecular flexibility index (Phi) is 5.88. The molecule has 0 amide bonds. The molecule has 160 valence electrons. The first kappa shape index (κ1) is 21.5. The maximum atomic E-state index is 13.2. The molecule has 31 heavy (non-hydrogen) atoms. The van der Waals surface area contributed by atoms with E-state index in [1.54, 1.807) is 41.9 Å². The second-order valence-corrected chi connectivity index (χ2v) is 10.2. The summed E-state index contributed by atoms with van der Waals surface area (Å²) in [6.07, 6.45) is 0.350. The highest BCUT2D eigenvalue weighted by Gasteiger charge is 2.26. The van der Waals surface area contributed by atoms with E-state index in [4.69, 9.17) is 16.3 Å². The van der Waals surface area contributed by atoms with Crippen molar-refractivity contribution >= 4 is 49.6 Å². The van der Waals surface area contributed by atoms with E-state index in [9.17, 15) is 13.2 Å². The second kappa shape index (κ2) is 8.45. The third-order valence-corrected chi connectivity index (χ3v) is 8.13. The van der Waals surface area contributed by atoms with Gasteiger partial charge in [-0.25, -0.2) is 13.4 Å². The molecule has 2 heterocycles. The molecule has 0 saturated carbocycles. The molecule has 0 N–H and O–H groups in total. The van der Waals surface area contributed by atoms with Crippen LogP contribution in [-0.4, -0.2) is 31.0 Å². The maximum Gasteiger partial charge on any atom is 0.325 e. The number of sulfone groups is 1. The lowest BCUT2D eigenvalue weighted by Gasteiger charge is -2.08. The van der Waals surface area contributed by atoms with Crippen LogP contribution in [0.4, 0.5) is 0 Å². The van der Waals surface area contributed by atoms with Gasteiger partial charge in [0, 0.05) is 32.9 Å². The summed E-state index contributed by atoms with van der Waals surface area (Å²) in [6, 6.07) is 13.7. The predicted molar refractivity (Wildman–Crippen MR) is 121 cm³/mol. The predicted octanol–water partition coefficient (Wildman–Crippen LogP) is 4.66. The number of carbonyl (C=O) groups excluding carboxylic acids is 1. The molecule has 0 aliphatic rings. The number of methoxy groups -OCH3 is 1. The molecule has 2 aromatic carbocycles. The Morgan fingerprint density at radius 2 is 1.94 bits per heavy atom. The lowest BCUT2D eigenvalue weighted by Crippen LogP contribution is -2.12. The number of esters is 1. The summed E-state index contributed by atoms with van der Waals surface area (Å²) in [5.41, 5.74) is 4.12. The van der Waals surface area contributed by atoms with E-state index in [-0.39, 0.29) is 22.4 Å². The third kappa shape index (κ3) is 3.98. The average Bonchev–Trinajstić information content (AvgIpc) is 3.33. The fourth-order valence-electron chi connectivity index (χ4n) is 3.61. The molecule has 0 unspecified atom stereocenters. The van der Waals surface area contributed by atoms with Crippen LogP contribution in [0.5, 0.6) is 0 Å². The first-order valence-electron chi connectivity index (χ1n) is 9.39. The largest absolute Gasteiger partial charge is 0.468 e. The molecule has 0 fully saturated rings. The first-order chi connectivity index (χ1) is 14.8. The molecule has 9 heteroatoms. The smallest absolute Gasteiger partial charge is 0.325 e. The molecule has 0 radical (unpaired) electrons. The number of halogens is 1. The van der Waals surface area contributed by atoms with Gasteiger partial charge < -0.3 is 9.30 Å². The SMILES string of the molecule is COC(=O)Cn1c(C)c(Cc2scnc2S(=O)(=O)c2ccccc2)c2cc(Cl)ccc21. The van der Waals surface area contributed by atoms with Crippen molar-refractivity contribution in [1.29, 1.82) is 0 Å². The minimum atomic E-state index is -3.74. The highest BCUT2D eigenvalue weighted by atomic mass is 35.5. The molecule has 4 rings (SSSR count). The number of nitrogens with zero attached hydrogens (tertiary/aromatic N) is 2. The van der Waals surface area contributed by atoms with Crippen LogP contribution in [-0.2, 0) is 32.3 Å². The summed E-state index contributed by atoms with van der Waals surface area (Å²) in [5.74, 6) is -0.369. The molecule has 0 bridgehead atoms. The van der Waals surface area contributed by atoms with Crippen LogP contribution in [0, 0.1) is 6.92 Å². The van der Waals surface area contributed by atoms with Gasteiger partial charge in [0.1, 0.15) is 6.54 Å². The number of hydrogen-bond donors (Lipinski definition) is 0. The molecule has 6 nitrogen and oxygen atoms in total. The molecule has 0 spiro atoms. The van der Waals surface area contributed by atoms with Gasteiger partial charge in [-0.15, -0.1) is 11.3 Å². The highest BCUT2D eigenvalue weighted by molar-refractivity contribution is 7.91. The zero-order chi connectivity index (χ0) is 22.2. The summed E-state index contributed by atoms with van der Waals surface area (Å²) >= 11 is 7.54. The van der Waals surface area contributed by atoms with Crippen molar-refractivity contribution in [3.63, 3.8) is 0 Å². The van der Waals surface area contributed by atoms with Crippen molar-refractivity contribution in [2.45, 2.75) is 29.8 Å². The maximum absolute atomic E-state index is 13.2. The quantitative estimate of drug-likeness (QED) is 0.380. The van der Waals surface area contributed by atoms with Gasteiger partial charge in [-0.1, -0.05) is 29.8 Å². The Labute approximate surface area is 189 Å². The van der Waals surface area contributed by atoms with Crippen LogP contribution in [0.1, 0.15) is 16.1 Å². The Balaban J connectivity index is 1.83. The van der Waals surface area contributed by atoms with Crippen LogP contribution in [0.25, 0.3) is 10.9 Å². The minimum absolute atomic E-state index is 0.0539. The third-order valence-electron chi connectivity index (χ3n) is 5.18. The van der Waals surface area contributed by atoms with Crippen molar-refractivity contribution in [3.8, 4) is 0 Å². The molecular weight excluding hydrogens is 456 g/mol. The van der Waals surface area contributed by atoms with Crippen molar-refractivity contribution in [2.75, 3.05) is 7.11 Å². The van der Waals surface area contributed by atoms with E-state index < -0.39 is 9.84 Å². The Morgan fingerprint density at radius 1 is 1.19 bits per heavy atom. The summed E-state index contributed by atoms with van der Waals surface area (Å²) in [5, 5.41) is 1.48. The number of hydrogen-bond acceptors (Lipinski definition) is 6. The van der Waals surface area contributed by atoms with E-state index >= 15 is 0 Å². The number of ether oxygens (including phenoxy) is 1. The Bertz CT molecular complexity index is 1380. The molecule has 0 atom stereocenters. The number of fused-ring (bicyclic) bond motifs is 1. The summed E-state index contributed by atoms with van der Waals surface area (Å²) in [4.78, 5) is 17.0. The van der Waals surface area contributed by atoms with E-state index in [0.717, 1.165) is 22.2 Å². The summed E-state index contributed by atoms with van der Waals surface area (Å²) in [7, 11) is -2.40. The normalized spacial score (nSPS) is 11.7. The Hall–Kier alpha value is -2.68. The number of benzene rings is 2. The van der Waals surface area contributed by atoms with Gasteiger partial charge in [0.15, 0.2) is 5.03 Å². The molecule has 4 aromatic rings. The van der Waals surface area contributed by atoms with Crippen molar-refractivity contribution < 1.29 is 17.9 Å². The standard InChI is InChI=1S/C22H19ClN2O4S2/c1-14-17(18-10-15(23)8-9-19(18)25(14)12-21(26)29-2)11-20-22(24-13-30-20)31(27,28)16-6-4-3-5-7-16/h3-10,13H,11-12H2,1-2H3. The zero-order valence-corrected chi connectivity index (χ0v) is 19.2. The van der Waals surface area contributed by atoms with Gasteiger partial charge in [0.2, 0.25) is 9.84 Å². The van der Waals surface area contributed by atoms with E-state index in [1.807, 2.05) is 23.6 Å². The number of aromatic nitrogens is 2. The number of thiazole rings is 1. The van der Waals surface area contributed by atoms with Crippen LogP contribution in [0.2, 0.25) is 5.02 Å². The first-order valence-corrected chi connectivity index (χ1v) is 12.1. The second-order valence-electron chi connectivity index (χ2n) is 6.96. The van der Waals surface area contributed by atoms with Crippen LogP contribution < -0.4 is 0 Å². The molecule has 0 saturated heterocycles. The van der Waals surface area contributed by atoms with Crippen molar-refractivity contribution in [2.24, 2.45) is 0 Å². The monoisotopic (exact) mass is 474 g/mol. The molecule has 0 aliphatic heterocycles. The van der Waals surface area contributed by atoms with Gasteiger partial charge in [0.25, 0.3) is 0 Å².